The minimum Gasteiger partial charge on any atom is -0.478 e. The van der Waals surface area contributed by atoms with Crippen molar-refractivity contribution in [2.75, 3.05) is 11.9 Å². The summed E-state index contributed by atoms with van der Waals surface area (Å²) in [4.78, 5) is 15.7. The number of pyridine rings is 1. The van der Waals surface area contributed by atoms with Gasteiger partial charge in [-0.25, -0.2) is 9.78 Å². The average Bonchev–Trinajstić information content (AvgIpc) is 2.37. The number of para-hydroxylation sites is 1. The molecule has 2 aromatic rings. The summed E-state index contributed by atoms with van der Waals surface area (Å²) < 4.78 is 0. The summed E-state index contributed by atoms with van der Waals surface area (Å²) in [6, 6.07) is 9.19. The van der Waals surface area contributed by atoms with Gasteiger partial charge >= 0.3 is 5.97 Å². The molecule has 4 nitrogen and oxygen atoms in total. The third-order valence-corrected chi connectivity index (χ3v) is 2.97. The molecular weight excluding hydrogens is 240 g/mol. The number of fused-ring (bicyclic) bond motifs is 1. The Bertz CT molecular complexity index is 594. The molecule has 0 atom stereocenters. The minimum atomic E-state index is -0.953. The second kappa shape index (κ2) is 5.69. The first-order chi connectivity index (χ1) is 9.08. The van der Waals surface area contributed by atoms with Gasteiger partial charge in [0, 0.05) is 11.9 Å². The number of rotatable bonds is 5. The Morgan fingerprint density at radius 3 is 2.79 bits per heavy atom. The zero-order valence-electron chi connectivity index (χ0n) is 11.2. The van der Waals surface area contributed by atoms with Gasteiger partial charge in [0.1, 0.15) is 11.4 Å². The zero-order chi connectivity index (χ0) is 13.8. The van der Waals surface area contributed by atoms with Crippen molar-refractivity contribution >= 4 is 22.7 Å². The molecule has 4 heteroatoms. The number of aromatic carboxylic acids is 1. The monoisotopic (exact) mass is 258 g/mol. The predicted molar refractivity (Wildman–Crippen MR) is 76.6 cm³/mol. The highest BCUT2D eigenvalue weighted by Gasteiger charge is 2.12. The first-order valence-corrected chi connectivity index (χ1v) is 6.45. The highest BCUT2D eigenvalue weighted by Crippen LogP contribution is 2.20. The summed E-state index contributed by atoms with van der Waals surface area (Å²) in [5.74, 6) is 0.0679. The fraction of sp³-hybridized carbons (Fsp3) is 0.333. The number of carbonyl (C=O) groups is 1. The van der Waals surface area contributed by atoms with Crippen molar-refractivity contribution in [2.45, 2.75) is 20.3 Å². The third-order valence-electron chi connectivity index (χ3n) is 2.97. The quantitative estimate of drug-likeness (QED) is 0.863. The Morgan fingerprint density at radius 2 is 2.11 bits per heavy atom. The summed E-state index contributed by atoms with van der Waals surface area (Å²) in [6.07, 6.45) is 0.980. The molecule has 0 aliphatic carbocycles. The van der Waals surface area contributed by atoms with Gasteiger partial charge in [0.25, 0.3) is 0 Å². The summed E-state index contributed by atoms with van der Waals surface area (Å²) >= 11 is 0. The van der Waals surface area contributed by atoms with Crippen LogP contribution in [0.15, 0.2) is 30.3 Å². The largest absolute Gasteiger partial charge is 0.478 e. The molecule has 1 aromatic heterocycles. The number of nitrogens with one attached hydrogen (secondary N) is 1. The molecule has 0 saturated heterocycles. The highest BCUT2D eigenvalue weighted by molar-refractivity contribution is 5.98. The number of benzene rings is 1. The van der Waals surface area contributed by atoms with Gasteiger partial charge in [0.05, 0.1) is 5.52 Å². The maximum Gasteiger partial charge on any atom is 0.339 e. The number of hydrogen-bond donors (Lipinski definition) is 2. The first-order valence-electron chi connectivity index (χ1n) is 6.45. The SMILES string of the molecule is CC(C)CCNc1nc2ccccc2cc1C(=O)O. The molecule has 0 amide bonds. The minimum absolute atomic E-state index is 0.224. The lowest BCUT2D eigenvalue weighted by atomic mass is 10.1. The van der Waals surface area contributed by atoms with Gasteiger partial charge in [-0.3, -0.25) is 0 Å². The topological polar surface area (TPSA) is 62.2 Å². The lowest BCUT2D eigenvalue weighted by molar-refractivity contribution is 0.0698. The summed E-state index contributed by atoms with van der Waals surface area (Å²) in [7, 11) is 0. The number of hydrogen-bond acceptors (Lipinski definition) is 3. The molecule has 0 unspecified atom stereocenters. The van der Waals surface area contributed by atoms with Crippen LogP contribution in [0.3, 0.4) is 0 Å². The van der Waals surface area contributed by atoms with Crippen LogP contribution in [0.2, 0.25) is 0 Å². The molecule has 0 radical (unpaired) electrons. The normalized spacial score (nSPS) is 10.9. The van der Waals surface area contributed by atoms with E-state index in [2.05, 4.69) is 24.1 Å². The zero-order valence-corrected chi connectivity index (χ0v) is 11.2. The number of carboxylic acids is 1. The second-order valence-corrected chi connectivity index (χ2v) is 4.99. The second-order valence-electron chi connectivity index (χ2n) is 4.99. The molecule has 2 rings (SSSR count). The Balaban J connectivity index is 2.33. The lowest BCUT2D eigenvalue weighted by Crippen LogP contribution is -2.11. The van der Waals surface area contributed by atoms with E-state index in [0.717, 1.165) is 23.9 Å². The van der Waals surface area contributed by atoms with Gasteiger partial charge in [-0.15, -0.1) is 0 Å². The maximum atomic E-state index is 11.3. The molecule has 0 bridgehead atoms. The summed E-state index contributed by atoms with van der Waals surface area (Å²) in [5.41, 5.74) is 1.03. The van der Waals surface area contributed by atoms with Crippen LogP contribution in [0, 0.1) is 5.92 Å². The standard InChI is InChI=1S/C15H18N2O2/c1-10(2)7-8-16-14-12(15(18)19)9-11-5-3-4-6-13(11)17-14/h3-6,9-10H,7-8H2,1-2H3,(H,16,17)(H,18,19). The summed E-state index contributed by atoms with van der Waals surface area (Å²) in [5, 5.41) is 13.2. The molecule has 0 aliphatic rings. The van der Waals surface area contributed by atoms with Crippen molar-refractivity contribution in [3.8, 4) is 0 Å². The molecule has 0 fully saturated rings. The molecule has 2 N–H and O–H groups in total. The smallest absolute Gasteiger partial charge is 0.339 e. The molecule has 0 spiro atoms. The Labute approximate surface area is 112 Å². The van der Waals surface area contributed by atoms with E-state index in [1.54, 1.807) is 6.07 Å². The number of anilines is 1. The van der Waals surface area contributed by atoms with Gasteiger partial charge in [0.2, 0.25) is 0 Å². The Kier molecular flexibility index (Phi) is 4.00. The van der Waals surface area contributed by atoms with Crippen LogP contribution >= 0.6 is 0 Å². The molecule has 1 aromatic carbocycles. The molecule has 0 saturated carbocycles. The Morgan fingerprint density at radius 1 is 1.37 bits per heavy atom. The van der Waals surface area contributed by atoms with Gasteiger partial charge < -0.3 is 10.4 Å². The van der Waals surface area contributed by atoms with E-state index in [4.69, 9.17) is 0 Å². The van der Waals surface area contributed by atoms with Crippen molar-refractivity contribution in [2.24, 2.45) is 5.92 Å². The van der Waals surface area contributed by atoms with E-state index < -0.39 is 5.97 Å². The summed E-state index contributed by atoms with van der Waals surface area (Å²) in [6.45, 7) is 4.99. The van der Waals surface area contributed by atoms with Gasteiger partial charge in [-0.05, 0) is 24.5 Å². The van der Waals surface area contributed by atoms with E-state index in [-0.39, 0.29) is 5.56 Å². The van der Waals surface area contributed by atoms with Crippen LogP contribution in [-0.4, -0.2) is 22.6 Å². The first kappa shape index (κ1) is 13.3. The molecule has 19 heavy (non-hydrogen) atoms. The van der Waals surface area contributed by atoms with Crippen molar-refractivity contribution in [3.63, 3.8) is 0 Å². The van der Waals surface area contributed by atoms with Crippen LogP contribution in [0.5, 0.6) is 0 Å². The van der Waals surface area contributed by atoms with Gasteiger partial charge in [-0.1, -0.05) is 32.0 Å². The Hall–Kier alpha value is -2.10. The number of aromatic nitrogens is 1. The van der Waals surface area contributed by atoms with Crippen molar-refractivity contribution in [1.29, 1.82) is 0 Å². The average molecular weight is 258 g/mol. The van der Waals surface area contributed by atoms with E-state index in [1.807, 2.05) is 24.3 Å². The van der Waals surface area contributed by atoms with Crippen molar-refractivity contribution < 1.29 is 9.90 Å². The van der Waals surface area contributed by atoms with Crippen molar-refractivity contribution in [3.05, 3.63) is 35.9 Å². The van der Waals surface area contributed by atoms with Crippen LogP contribution < -0.4 is 5.32 Å². The van der Waals surface area contributed by atoms with E-state index in [1.165, 1.54) is 0 Å². The molecular formula is C15H18N2O2. The number of nitrogens with zero attached hydrogens (tertiary/aromatic N) is 1. The van der Waals surface area contributed by atoms with Crippen molar-refractivity contribution in [1.82, 2.24) is 4.98 Å². The van der Waals surface area contributed by atoms with Crippen LogP contribution in [0.4, 0.5) is 5.82 Å². The molecule has 1 heterocycles. The predicted octanol–water partition coefficient (Wildman–Crippen LogP) is 3.39. The van der Waals surface area contributed by atoms with Gasteiger partial charge in [-0.2, -0.15) is 0 Å². The lowest BCUT2D eigenvalue weighted by Gasteiger charge is -2.11. The van der Waals surface area contributed by atoms with Crippen LogP contribution in [0.1, 0.15) is 30.6 Å². The maximum absolute atomic E-state index is 11.3. The van der Waals surface area contributed by atoms with E-state index >= 15 is 0 Å². The highest BCUT2D eigenvalue weighted by atomic mass is 16.4. The van der Waals surface area contributed by atoms with Crippen LogP contribution in [0.25, 0.3) is 10.9 Å². The molecule has 100 valence electrons. The molecule has 0 aliphatic heterocycles. The fourth-order valence-corrected chi connectivity index (χ4v) is 1.89. The van der Waals surface area contributed by atoms with E-state index in [0.29, 0.717) is 11.7 Å². The van der Waals surface area contributed by atoms with Gasteiger partial charge in [0.15, 0.2) is 0 Å². The van der Waals surface area contributed by atoms with E-state index in [9.17, 15) is 9.90 Å². The van der Waals surface area contributed by atoms with Crippen LogP contribution in [-0.2, 0) is 0 Å². The fourth-order valence-electron chi connectivity index (χ4n) is 1.89. The third kappa shape index (κ3) is 3.22. The number of carboxylic acid groups (broad SMARTS) is 1.